The van der Waals surface area contributed by atoms with Crippen molar-refractivity contribution >= 4 is 23.2 Å². The minimum atomic E-state index is -1.05. The van der Waals surface area contributed by atoms with Gasteiger partial charge in [-0.3, -0.25) is 4.79 Å². The minimum absolute atomic E-state index is 0.345. The Morgan fingerprint density at radius 1 is 1.35 bits per heavy atom. The first kappa shape index (κ1) is 12.9. The van der Waals surface area contributed by atoms with Crippen LogP contribution < -0.4 is 5.32 Å². The van der Waals surface area contributed by atoms with Gasteiger partial charge in [-0.15, -0.1) is 11.3 Å². The number of nitrogens with zero attached hydrogens (tertiary/aromatic N) is 1. The third-order valence-electron chi connectivity index (χ3n) is 3.30. The van der Waals surface area contributed by atoms with Crippen LogP contribution in [0.2, 0.25) is 0 Å². The molecule has 6 heteroatoms. The molecule has 1 fully saturated rings. The van der Waals surface area contributed by atoms with Crippen molar-refractivity contribution in [2.75, 3.05) is 0 Å². The molecule has 1 aliphatic rings. The molecule has 0 spiro atoms. The van der Waals surface area contributed by atoms with Crippen LogP contribution in [0.3, 0.4) is 0 Å². The fraction of sp³-hybridized carbons (Fsp3) is 0.286. The van der Waals surface area contributed by atoms with Gasteiger partial charge in [0.2, 0.25) is 0 Å². The molecule has 1 atom stereocenters. The van der Waals surface area contributed by atoms with Gasteiger partial charge in [0.05, 0.1) is 0 Å². The Hall–Kier alpha value is -2.08. The van der Waals surface area contributed by atoms with E-state index < -0.39 is 12.0 Å². The predicted molar refractivity (Wildman–Crippen MR) is 74.9 cm³/mol. The van der Waals surface area contributed by atoms with Gasteiger partial charge in [-0.1, -0.05) is 6.07 Å². The number of aromatic nitrogens is 1. The first-order valence-electron chi connectivity index (χ1n) is 6.40. The molecular formula is C14H14N2O3S. The number of hydrogen-bond acceptors (Lipinski definition) is 3. The lowest BCUT2D eigenvalue weighted by Gasteiger charge is -2.14. The summed E-state index contributed by atoms with van der Waals surface area (Å²) >= 11 is 1.32. The summed E-state index contributed by atoms with van der Waals surface area (Å²) < 4.78 is 1.92. The van der Waals surface area contributed by atoms with E-state index in [-0.39, 0.29) is 5.91 Å². The summed E-state index contributed by atoms with van der Waals surface area (Å²) in [5, 5.41) is 13.7. The monoisotopic (exact) mass is 290 g/mol. The Labute approximate surface area is 119 Å². The number of rotatable bonds is 5. The molecule has 0 aromatic carbocycles. The van der Waals surface area contributed by atoms with Crippen molar-refractivity contribution in [1.82, 2.24) is 9.88 Å². The molecule has 0 radical (unpaired) electrons. The van der Waals surface area contributed by atoms with Crippen molar-refractivity contribution in [1.29, 1.82) is 0 Å². The standard InChI is InChI=1S/C14H14N2O3S/c17-13(10-3-1-7-16(10)9-5-6-9)15-12(14(18)19)11-4-2-8-20-11/h1-4,7-9,12H,5-6H2,(H,15,17)(H,18,19). The zero-order chi connectivity index (χ0) is 14.1. The van der Waals surface area contributed by atoms with E-state index in [2.05, 4.69) is 5.32 Å². The van der Waals surface area contributed by atoms with E-state index in [9.17, 15) is 14.7 Å². The number of hydrogen-bond donors (Lipinski definition) is 2. The summed E-state index contributed by atoms with van der Waals surface area (Å²) in [5.74, 6) is -1.40. The number of nitrogens with one attached hydrogen (secondary N) is 1. The van der Waals surface area contributed by atoms with E-state index in [0.29, 0.717) is 16.6 Å². The lowest BCUT2D eigenvalue weighted by Crippen LogP contribution is -2.34. The maximum absolute atomic E-state index is 12.3. The van der Waals surface area contributed by atoms with E-state index in [1.807, 2.05) is 16.8 Å². The van der Waals surface area contributed by atoms with Crippen LogP contribution in [0.5, 0.6) is 0 Å². The van der Waals surface area contributed by atoms with Crippen LogP contribution in [0.4, 0.5) is 0 Å². The Bertz CT molecular complexity index is 629. The molecule has 20 heavy (non-hydrogen) atoms. The van der Waals surface area contributed by atoms with Crippen molar-refractivity contribution in [3.05, 3.63) is 46.4 Å². The van der Waals surface area contributed by atoms with Gasteiger partial charge in [0, 0.05) is 17.1 Å². The number of carbonyl (C=O) groups excluding carboxylic acids is 1. The average molecular weight is 290 g/mol. The zero-order valence-electron chi connectivity index (χ0n) is 10.7. The SMILES string of the molecule is O=C(NC(C(=O)O)c1cccs1)c1cccn1C1CC1. The topological polar surface area (TPSA) is 71.3 Å². The second-order valence-corrected chi connectivity index (χ2v) is 5.77. The van der Waals surface area contributed by atoms with Crippen molar-refractivity contribution < 1.29 is 14.7 Å². The summed E-state index contributed by atoms with van der Waals surface area (Å²) in [7, 11) is 0. The Balaban J connectivity index is 1.80. The summed E-state index contributed by atoms with van der Waals surface area (Å²) in [5.41, 5.74) is 0.523. The van der Waals surface area contributed by atoms with Gasteiger partial charge in [-0.25, -0.2) is 4.79 Å². The molecule has 2 N–H and O–H groups in total. The normalized spacial score (nSPS) is 15.8. The molecule has 5 nitrogen and oxygen atoms in total. The zero-order valence-corrected chi connectivity index (χ0v) is 11.5. The highest BCUT2D eigenvalue weighted by atomic mass is 32.1. The maximum atomic E-state index is 12.3. The summed E-state index contributed by atoms with van der Waals surface area (Å²) in [6, 6.07) is 6.41. The molecular weight excluding hydrogens is 276 g/mol. The molecule has 1 amide bonds. The first-order valence-corrected chi connectivity index (χ1v) is 7.28. The molecule has 2 aromatic rings. The molecule has 2 aromatic heterocycles. The third-order valence-corrected chi connectivity index (χ3v) is 4.24. The van der Waals surface area contributed by atoms with Crippen LogP contribution >= 0.6 is 11.3 Å². The molecule has 0 saturated heterocycles. The van der Waals surface area contributed by atoms with Gasteiger partial charge in [-0.05, 0) is 36.4 Å². The van der Waals surface area contributed by atoms with Crippen molar-refractivity contribution in [2.24, 2.45) is 0 Å². The van der Waals surface area contributed by atoms with E-state index >= 15 is 0 Å². The maximum Gasteiger partial charge on any atom is 0.331 e. The van der Waals surface area contributed by atoms with E-state index in [4.69, 9.17) is 0 Å². The smallest absolute Gasteiger partial charge is 0.331 e. The van der Waals surface area contributed by atoms with Gasteiger partial charge in [-0.2, -0.15) is 0 Å². The molecule has 1 unspecified atom stereocenters. The first-order chi connectivity index (χ1) is 9.66. The molecule has 3 rings (SSSR count). The van der Waals surface area contributed by atoms with Crippen LogP contribution in [0.1, 0.15) is 40.3 Å². The van der Waals surface area contributed by atoms with Gasteiger partial charge in [0.15, 0.2) is 6.04 Å². The van der Waals surface area contributed by atoms with E-state index in [0.717, 1.165) is 12.8 Å². The molecule has 1 saturated carbocycles. The second-order valence-electron chi connectivity index (χ2n) is 4.79. The largest absolute Gasteiger partial charge is 0.479 e. The fourth-order valence-corrected chi connectivity index (χ4v) is 2.94. The molecule has 1 aliphatic carbocycles. The number of thiophene rings is 1. The van der Waals surface area contributed by atoms with Gasteiger partial charge < -0.3 is 15.0 Å². The highest BCUT2D eigenvalue weighted by Crippen LogP contribution is 2.36. The van der Waals surface area contributed by atoms with Crippen LogP contribution in [0.15, 0.2) is 35.8 Å². The summed E-state index contributed by atoms with van der Waals surface area (Å²) in [6.45, 7) is 0. The molecule has 0 aliphatic heterocycles. The summed E-state index contributed by atoms with van der Waals surface area (Å²) in [6.07, 6.45) is 4.01. The Morgan fingerprint density at radius 3 is 2.75 bits per heavy atom. The van der Waals surface area contributed by atoms with Gasteiger partial charge >= 0.3 is 5.97 Å². The van der Waals surface area contributed by atoms with Crippen LogP contribution in [0, 0.1) is 0 Å². The molecule has 104 valence electrons. The van der Waals surface area contributed by atoms with Gasteiger partial charge in [0.1, 0.15) is 5.69 Å². The second kappa shape index (κ2) is 5.13. The Kier molecular flexibility index (Phi) is 3.31. The van der Waals surface area contributed by atoms with E-state index in [1.54, 1.807) is 23.6 Å². The highest BCUT2D eigenvalue weighted by Gasteiger charge is 2.29. The number of aliphatic carboxylic acids is 1. The van der Waals surface area contributed by atoms with Gasteiger partial charge in [0.25, 0.3) is 5.91 Å². The average Bonchev–Trinajstić information content (AvgIpc) is 2.95. The lowest BCUT2D eigenvalue weighted by atomic mass is 10.2. The predicted octanol–water partition coefficient (Wildman–Crippen LogP) is 2.44. The van der Waals surface area contributed by atoms with Crippen LogP contribution in [-0.2, 0) is 4.79 Å². The molecule has 0 bridgehead atoms. The third kappa shape index (κ3) is 2.46. The molecule has 2 heterocycles. The quantitative estimate of drug-likeness (QED) is 0.888. The Morgan fingerprint density at radius 2 is 2.15 bits per heavy atom. The van der Waals surface area contributed by atoms with E-state index in [1.165, 1.54) is 11.3 Å². The van der Waals surface area contributed by atoms with Crippen molar-refractivity contribution in [3.8, 4) is 0 Å². The number of carboxylic acid groups (broad SMARTS) is 1. The number of carboxylic acids is 1. The fourth-order valence-electron chi connectivity index (χ4n) is 2.17. The number of carbonyl (C=O) groups is 2. The minimum Gasteiger partial charge on any atom is -0.479 e. The number of amides is 1. The van der Waals surface area contributed by atoms with Crippen molar-refractivity contribution in [3.63, 3.8) is 0 Å². The van der Waals surface area contributed by atoms with Crippen molar-refractivity contribution in [2.45, 2.75) is 24.9 Å². The lowest BCUT2D eigenvalue weighted by molar-refractivity contribution is -0.139. The summed E-state index contributed by atoms with van der Waals surface area (Å²) in [4.78, 5) is 24.2. The van der Waals surface area contributed by atoms with Crippen LogP contribution in [-0.4, -0.2) is 21.6 Å². The van der Waals surface area contributed by atoms with Crippen LogP contribution in [0.25, 0.3) is 0 Å². The highest BCUT2D eigenvalue weighted by molar-refractivity contribution is 7.10.